The van der Waals surface area contributed by atoms with Crippen molar-refractivity contribution in [2.24, 2.45) is 0 Å². The van der Waals surface area contributed by atoms with Crippen molar-refractivity contribution in [1.29, 1.82) is 0 Å². The molecule has 1 atom stereocenters. The van der Waals surface area contributed by atoms with Crippen molar-refractivity contribution in [1.82, 2.24) is 9.88 Å². The van der Waals surface area contributed by atoms with Crippen molar-refractivity contribution < 1.29 is 14.2 Å². The number of hydrogen-bond donors (Lipinski definition) is 1. The maximum Gasteiger partial charge on any atom is 0.131 e. The average Bonchev–Trinajstić information content (AvgIpc) is 2.88. The molecule has 1 saturated heterocycles. The maximum atomic E-state index is 14.5. The molecule has 1 aromatic heterocycles. The highest BCUT2D eigenvalue weighted by atomic mass is 19.1. The van der Waals surface area contributed by atoms with E-state index in [-0.39, 0.29) is 12.4 Å². The number of pyridine rings is 1. The van der Waals surface area contributed by atoms with Gasteiger partial charge in [-0.2, -0.15) is 0 Å². The van der Waals surface area contributed by atoms with Crippen LogP contribution in [0.15, 0.2) is 84.9 Å². The molecule has 0 bridgehead atoms. The largest absolute Gasteiger partial charge is 0.491 e. The minimum absolute atomic E-state index is 0.245. The third kappa shape index (κ3) is 5.03. The molecular weight excluding hydrogens is 429 g/mol. The summed E-state index contributed by atoms with van der Waals surface area (Å²) in [7, 11) is 0. The number of fused-ring (bicyclic) bond motifs is 1. The fourth-order valence-corrected chi connectivity index (χ4v) is 4.43. The van der Waals surface area contributed by atoms with Crippen molar-refractivity contribution in [2.45, 2.75) is 6.10 Å². The lowest BCUT2D eigenvalue weighted by Gasteiger charge is -2.36. The lowest BCUT2D eigenvalue weighted by molar-refractivity contribution is 0.0662. The van der Waals surface area contributed by atoms with Gasteiger partial charge in [0.15, 0.2) is 0 Å². The first-order chi connectivity index (χ1) is 16.7. The zero-order valence-corrected chi connectivity index (χ0v) is 19.0. The maximum absolute atomic E-state index is 14.5. The van der Waals surface area contributed by atoms with Gasteiger partial charge in [0.2, 0.25) is 0 Å². The van der Waals surface area contributed by atoms with Crippen molar-refractivity contribution in [2.75, 3.05) is 44.2 Å². The Kier molecular flexibility index (Phi) is 6.70. The van der Waals surface area contributed by atoms with Crippen molar-refractivity contribution >= 4 is 16.7 Å². The van der Waals surface area contributed by atoms with Crippen LogP contribution in [0.4, 0.5) is 10.2 Å². The number of piperazine rings is 1. The number of β-amino-alcohol motifs (C(OH)–C–C–N with tert-alkyl or cyclic N) is 1. The lowest BCUT2D eigenvalue weighted by Crippen LogP contribution is -2.49. The Bertz CT molecular complexity index is 1240. The number of halogens is 1. The third-order valence-corrected chi connectivity index (χ3v) is 6.22. The van der Waals surface area contributed by atoms with Crippen LogP contribution in [0.3, 0.4) is 0 Å². The van der Waals surface area contributed by atoms with E-state index >= 15 is 0 Å². The molecule has 174 valence electrons. The molecule has 3 aromatic carbocycles. The fourth-order valence-electron chi connectivity index (χ4n) is 4.43. The van der Waals surface area contributed by atoms with Crippen LogP contribution in [0.5, 0.6) is 5.75 Å². The van der Waals surface area contributed by atoms with E-state index in [9.17, 15) is 9.50 Å². The van der Waals surface area contributed by atoms with Crippen LogP contribution in [0.2, 0.25) is 0 Å². The molecule has 0 saturated carbocycles. The predicted molar refractivity (Wildman–Crippen MR) is 134 cm³/mol. The monoisotopic (exact) mass is 457 g/mol. The molecule has 0 amide bonds. The van der Waals surface area contributed by atoms with E-state index in [2.05, 4.69) is 15.9 Å². The standard InChI is InChI=1S/C28H28FN3O2/c29-26-12-5-4-10-24(26)25-11-6-7-21-13-14-27(30-28(21)25)32-17-15-31(16-18-32)19-22(33)20-34-23-8-2-1-3-9-23/h1-14,22,33H,15-20H2. The SMILES string of the molecule is OC(COc1ccccc1)CN1CCN(c2ccc3cccc(-c4ccccc4F)c3n2)CC1. The number of rotatable bonds is 7. The zero-order valence-electron chi connectivity index (χ0n) is 19.0. The molecule has 1 N–H and O–H groups in total. The summed E-state index contributed by atoms with van der Waals surface area (Å²) in [4.78, 5) is 9.44. The van der Waals surface area contributed by atoms with E-state index in [1.165, 1.54) is 6.07 Å². The minimum Gasteiger partial charge on any atom is -0.491 e. The van der Waals surface area contributed by atoms with Gasteiger partial charge in [-0.1, -0.05) is 54.6 Å². The Hall–Kier alpha value is -3.48. The van der Waals surface area contributed by atoms with E-state index in [1.54, 1.807) is 12.1 Å². The number of nitrogens with zero attached hydrogens (tertiary/aromatic N) is 3. The number of aliphatic hydroxyl groups excluding tert-OH is 1. The number of aromatic nitrogens is 1. The van der Waals surface area contributed by atoms with E-state index in [0.717, 1.165) is 54.2 Å². The molecule has 6 heteroatoms. The number of aliphatic hydroxyl groups is 1. The second kappa shape index (κ2) is 10.2. The molecule has 34 heavy (non-hydrogen) atoms. The zero-order chi connectivity index (χ0) is 23.3. The number of benzene rings is 3. The Balaban J connectivity index is 1.23. The van der Waals surface area contributed by atoms with Crippen LogP contribution >= 0.6 is 0 Å². The molecule has 5 rings (SSSR count). The highest BCUT2D eigenvalue weighted by Gasteiger charge is 2.21. The van der Waals surface area contributed by atoms with Gasteiger partial charge >= 0.3 is 0 Å². The first-order valence-electron chi connectivity index (χ1n) is 11.7. The first kappa shape index (κ1) is 22.3. The van der Waals surface area contributed by atoms with Gasteiger partial charge in [-0.3, -0.25) is 4.90 Å². The van der Waals surface area contributed by atoms with Gasteiger partial charge in [0.05, 0.1) is 5.52 Å². The van der Waals surface area contributed by atoms with Crippen LogP contribution in [-0.2, 0) is 0 Å². The summed E-state index contributed by atoms with van der Waals surface area (Å²) in [6.45, 7) is 4.13. The lowest BCUT2D eigenvalue weighted by atomic mass is 10.0. The van der Waals surface area contributed by atoms with Crippen molar-refractivity contribution in [3.63, 3.8) is 0 Å². The van der Waals surface area contributed by atoms with Gasteiger partial charge in [0.1, 0.15) is 30.1 Å². The number of ether oxygens (including phenoxy) is 1. The number of para-hydroxylation sites is 2. The van der Waals surface area contributed by atoms with Crippen LogP contribution in [0.25, 0.3) is 22.0 Å². The molecule has 1 fully saturated rings. The van der Waals surface area contributed by atoms with Crippen LogP contribution in [0, 0.1) is 5.82 Å². The van der Waals surface area contributed by atoms with Crippen molar-refractivity contribution in [3.8, 4) is 16.9 Å². The smallest absolute Gasteiger partial charge is 0.131 e. The molecule has 0 radical (unpaired) electrons. The Morgan fingerprint density at radius 3 is 2.35 bits per heavy atom. The van der Waals surface area contributed by atoms with Crippen LogP contribution in [-0.4, -0.2) is 60.4 Å². The first-order valence-corrected chi connectivity index (χ1v) is 11.7. The predicted octanol–water partition coefficient (Wildman–Crippen LogP) is 4.60. The second-order valence-electron chi connectivity index (χ2n) is 8.59. The Labute approximate surface area is 199 Å². The molecule has 5 nitrogen and oxygen atoms in total. The summed E-state index contributed by atoms with van der Waals surface area (Å²) in [5, 5.41) is 11.4. The highest BCUT2D eigenvalue weighted by Crippen LogP contribution is 2.31. The van der Waals surface area contributed by atoms with Gasteiger partial charge in [0, 0.05) is 49.2 Å². The molecule has 0 spiro atoms. The van der Waals surface area contributed by atoms with Gasteiger partial charge in [-0.05, 0) is 30.3 Å². The van der Waals surface area contributed by atoms with Crippen molar-refractivity contribution in [3.05, 3.63) is 90.7 Å². The molecule has 4 aromatic rings. The normalized spacial score (nSPS) is 15.4. The molecule has 0 aliphatic carbocycles. The highest BCUT2D eigenvalue weighted by molar-refractivity contribution is 5.94. The minimum atomic E-state index is -0.547. The summed E-state index contributed by atoms with van der Waals surface area (Å²) in [5.74, 6) is 1.41. The van der Waals surface area contributed by atoms with E-state index in [0.29, 0.717) is 12.1 Å². The molecule has 1 aliphatic heterocycles. The van der Waals surface area contributed by atoms with Gasteiger partial charge < -0.3 is 14.7 Å². The van der Waals surface area contributed by atoms with E-state index < -0.39 is 6.10 Å². The van der Waals surface area contributed by atoms with Crippen LogP contribution < -0.4 is 9.64 Å². The molecule has 1 unspecified atom stereocenters. The van der Waals surface area contributed by atoms with Gasteiger partial charge in [-0.15, -0.1) is 0 Å². The van der Waals surface area contributed by atoms with E-state index in [4.69, 9.17) is 9.72 Å². The number of hydrogen-bond acceptors (Lipinski definition) is 5. The van der Waals surface area contributed by atoms with Gasteiger partial charge in [-0.25, -0.2) is 9.37 Å². The van der Waals surface area contributed by atoms with E-state index in [1.807, 2.05) is 60.7 Å². The van der Waals surface area contributed by atoms with Gasteiger partial charge in [0.25, 0.3) is 0 Å². The van der Waals surface area contributed by atoms with Crippen LogP contribution in [0.1, 0.15) is 0 Å². The fraction of sp³-hybridized carbons (Fsp3) is 0.250. The Morgan fingerprint density at radius 1 is 0.824 bits per heavy atom. The average molecular weight is 458 g/mol. The third-order valence-electron chi connectivity index (χ3n) is 6.22. The molecular formula is C28H28FN3O2. The summed E-state index contributed by atoms with van der Waals surface area (Å²) < 4.78 is 20.2. The summed E-state index contributed by atoms with van der Waals surface area (Å²) in [6, 6.07) is 26.3. The second-order valence-corrected chi connectivity index (χ2v) is 8.59. The Morgan fingerprint density at radius 2 is 1.56 bits per heavy atom. The quantitative estimate of drug-likeness (QED) is 0.440. The number of anilines is 1. The molecule has 1 aliphatic rings. The summed E-state index contributed by atoms with van der Waals surface area (Å²) >= 11 is 0. The molecule has 2 heterocycles. The summed E-state index contributed by atoms with van der Waals surface area (Å²) in [6.07, 6.45) is -0.547. The topological polar surface area (TPSA) is 48.8 Å². The summed E-state index contributed by atoms with van der Waals surface area (Å²) in [5.41, 5.74) is 2.17.